The highest BCUT2D eigenvalue weighted by molar-refractivity contribution is 6.00. The molecule has 2 heterocycles. The summed E-state index contributed by atoms with van der Waals surface area (Å²) in [5.74, 6) is 1.01. The van der Waals surface area contributed by atoms with Crippen LogP contribution in [0.1, 0.15) is 40.0 Å². The summed E-state index contributed by atoms with van der Waals surface area (Å²) in [6.45, 7) is 9.78. The zero-order valence-corrected chi connectivity index (χ0v) is 16.2. The molecule has 0 saturated carbocycles. The zero-order chi connectivity index (χ0) is 18.7. The van der Waals surface area contributed by atoms with Gasteiger partial charge in [0.2, 0.25) is 11.8 Å². The van der Waals surface area contributed by atoms with Crippen molar-refractivity contribution in [2.24, 2.45) is 17.8 Å². The molecule has 5 heteroatoms. The molecule has 1 aromatic rings. The van der Waals surface area contributed by atoms with E-state index in [0.717, 1.165) is 24.7 Å². The molecule has 0 aromatic heterocycles. The van der Waals surface area contributed by atoms with E-state index >= 15 is 0 Å². The fraction of sp³-hybridized carbons (Fsp3) is 0.619. The molecule has 0 spiro atoms. The minimum absolute atomic E-state index is 0.00592. The van der Waals surface area contributed by atoms with E-state index in [1.165, 1.54) is 18.5 Å². The second-order valence-electron chi connectivity index (χ2n) is 8.23. The van der Waals surface area contributed by atoms with Gasteiger partial charge in [-0.3, -0.25) is 9.59 Å². The third kappa shape index (κ3) is 4.37. The molecule has 2 saturated heterocycles. The molecule has 142 valence electrons. The molecule has 2 fully saturated rings. The third-order valence-electron chi connectivity index (χ3n) is 5.49. The van der Waals surface area contributed by atoms with Crippen molar-refractivity contribution in [1.29, 1.82) is 0 Å². The molecule has 1 N–H and O–H groups in total. The number of hydrogen-bond donors (Lipinski definition) is 1. The van der Waals surface area contributed by atoms with Crippen molar-refractivity contribution in [2.75, 3.05) is 36.0 Å². The van der Waals surface area contributed by atoms with Gasteiger partial charge in [0, 0.05) is 44.0 Å². The van der Waals surface area contributed by atoms with Crippen molar-refractivity contribution in [3.63, 3.8) is 0 Å². The molecule has 2 aliphatic rings. The molecular formula is C21H31N3O2. The van der Waals surface area contributed by atoms with E-state index in [4.69, 9.17) is 0 Å². The molecule has 1 atom stereocenters. The van der Waals surface area contributed by atoms with Gasteiger partial charge in [-0.05, 0) is 48.9 Å². The molecule has 3 rings (SSSR count). The van der Waals surface area contributed by atoms with E-state index in [1.807, 2.05) is 12.1 Å². The van der Waals surface area contributed by atoms with Crippen LogP contribution in [0.3, 0.4) is 0 Å². The lowest BCUT2D eigenvalue weighted by atomic mass is 9.99. The van der Waals surface area contributed by atoms with E-state index in [9.17, 15) is 9.59 Å². The molecule has 0 radical (unpaired) electrons. The van der Waals surface area contributed by atoms with Crippen molar-refractivity contribution in [3.05, 3.63) is 24.3 Å². The molecule has 2 amide bonds. The van der Waals surface area contributed by atoms with Gasteiger partial charge in [0.1, 0.15) is 0 Å². The first-order valence-electron chi connectivity index (χ1n) is 9.87. The Morgan fingerprint density at radius 1 is 1.15 bits per heavy atom. The Hall–Kier alpha value is -2.04. The maximum atomic E-state index is 12.4. The molecule has 5 nitrogen and oxygen atoms in total. The molecule has 0 aliphatic carbocycles. The summed E-state index contributed by atoms with van der Waals surface area (Å²) in [4.78, 5) is 28.8. The van der Waals surface area contributed by atoms with E-state index in [-0.39, 0.29) is 17.7 Å². The summed E-state index contributed by atoms with van der Waals surface area (Å²) in [6, 6.07) is 8.23. The standard InChI is InChI=1S/C21H31N3O2/c1-15(2)13-22-21(26)17-12-20(25)24(14-17)19-6-4-18(5-7-19)23-10-8-16(3)9-11-23/h4-7,15-17H,8-14H2,1-3H3,(H,22,26). The van der Waals surface area contributed by atoms with E-state index in [1.54, 1.807) is 4.90 Å². The SMILES string of the molecule is CC(C)CNC(=O)C1CC(=O)N(c2ccc(N3CCC(C)CC3)cc2)C1. The zero-order valence-electron chi connectivity index (χ0n) is 16.2. The van der Waals surface area contributed by atoms with Crippen LogP contribution in [0.25, 0.3) is 0 Å². The maximum Gasteiger partial charge on any atom is 0.227 e. The molecule has 1 unspecified atom stereocenters. The van der Waals surface area contributed by atoms with Gasteiger partial charge in [-0.25, -0.2) is 0 Å². The minimum atomic E-state index is -0.246. The summed E-state index contributed by atoms with van der Waals surface area (Å²) in [7, 11) is 0. The second kappa shape index (κ2) is 8.11. The van der Waals surface area contributed by atoms with Crippen LogP contribution in [0.15, 0.2) is 24.3 Å². The summed E-state index contributed by atoms with van der Waals surface area (Å²) in [5.41, 5.74) is 2.11. The fourth-order valence-corrected chi connectivity index (χ4v) is 3.69. The molecule has 2 aliphatic heterocycles. The predicted molar refractivity (Wildman–Crippen MR) is 105 cm³/mol. The van der Waals surface area contributed by atoms with Crippen LogP contribution < -0.4 is 15.1 Å². The highest BCUT2D eigenvalue weighted by Gasteiger charge is 2.35. The number of carbonyl (C=O) groups excluding carboxylic acids is 2. The van der Waals surface area contributed by atoms with Crippen LogP contribution >= 0.6 is 0 Å². The van der Waals surface area contributed by atoms with E-state index in [2.05, 4.69) is 43.1 Å². The van der Waals surface area contributed by atoms with Crippen LogP contribution in [0.4, 0.5) is 11.4 Å². The lowest BCUT2D eigenvalue weighted by Crippen LogP contribution is -2.35. The number of hydrogen-bond acceptors (Lipinski definition) is 3. The summed E-state index contributed by atoms with van der Waals surface area (Å²) < 4.78 is 0. The largest absolute Gasteiger partial charge is 0.372 e. The monoisotopic (exact) mass is 357 g/mol. The molecule has 1 aromatic carbocycles. The Balaban J connectivity index is 1.60. The first-order valence-corrected chi connectivity index (χ1v) is 9.87. The Morgan fingerprint density at radius 2 is 1.77 bits per heavy atom. The van der Waals surface area contributed by atoms with Crippen molar-refractivity contribution in [2.45, 2.75) is 40.0 Å². The lowest BCUT2D eigenvalue weighted by Gasteiger charge is -2.32. The van der Waals surface area contributed by atoms with Gasteiger partial charge >= 0.3 is 0 Å². The van der Waals surface area contributed by atoms with Gasteiger partial charge < -0.3 is 15.1 Å². The van der Waals surface area contributed by atoms with Crippen LogP contribution in [0, 0.1) is 17.8 Å². The van der Waals surface area contributed by atoms with Gasteiger partial charge in [0.15, 0.2) is 0 Å². The number of nitrogens with one attached hydrogen (secondary N) is 1. The summed E-state index contributed by atoms with van der Waals surface area (Å²) >= 11 is 0. The van der Waals surface area contributed by atoms with E-state index < -0.39 is 0 Å². The average molecular weight is 357 g/mol. The Bertz CT molecular complexity index is 633. The molecular weight excluding hydrogens is 326 g/mol. The van der Waals surface area contributed by atoms with Crippen molar-refractivity contribution in [3.8, 4) is 0 Å². The smallest absolute Gasteiger partial charge is 0.227 e. The van der Waals surface area contributed by atoms with Crippen LogP contribution in [0.5, 0.6) is 0 Å². The normalized spacial score (nSPS) is 21.5. The van der Waals surface area contributed by atoms with Gasteiger partial charge in [0.25, 0.3) is 0 Å². The Labute approximate surface area is 156 Å². The molecule has 26 heavy (non-hydrogen) atoms. The van der Waals surface area contributed by atoms with E-state index in [0.29, 0.717) is 25.4 Å². The number of benzene rings is 1. The van der Waals surface area contributed by atoms with Gasteiger partial charge in [-0.1, -0.05) is 20.8 Å². The first-order chi connectivity index (χ1) is 12.4. The number of rotatable bonds is 5. The molecule has 0 bridgehead atoms. The number of amides is 2. The summed E-state index contributed by atoms with van der Waals surface area (Å²) in [6.07, 6.45) is 2.77. The quantitative estimate of drug-likeness (QED) is 0.881. The Kier molecular flexibility index (Phi) is 5.84. The maximum absolute atomic E-state index is 12.4. The number of piperidine rings is 1. The van der Waals surface area contributed by atoms with Gasteiger partial charge in [-0.2, -0.15) is 0 Å². The lowest BCUT2D eigenvalue weighted by molar-refractivity contribution is -0.126. The fourth-order valence-electron chi connectivity index (χ4n) is 3.69. The Morgan fingerprint density at radius 3 is 2.38 bits per heavy atom. The minimum Gasteiger partial charge on any atom is -0.372 e. The predicted octanol–water partition coefficient (Wildman–Crippen LogP) is 3.05. The summed E-state index contributed by atoms with van der Waals surface area (Å²) in [5, 5.41) is 2.95. The number of nitrogens with zero attached hydrogens (tertiary/aromatic N) is 2. The first kappa shape index (κ1) is 18.7. The van der Waals surface area contributed by atoms with Crippen LogP contribution in [-0.2, 0) is 9.59 Å². The van der Waals surface area contributed by atoms with Crippen molar-refractivity contribution >= 4 is 23.2 Å². The highest BCUT2D eigenvalue weighted by atomic mass is 16.2. The topological polar surface area (TPSA) is 52.7 Å². The number of carbonyl (C=O) groups is 2. The number of anilines is 2. The highest BCUT2D eigenvalue weighted by Crippen LogP contribution is 2.29. The van der Waals surface area contributed by atoms with Gasteiger partial charge in [-0.15, -0.1) is 0 Å². The van der Waals surface area contributed by atoms with Crippen LogP contribution in [0.2, 0.25) is 0 Å². The van der Waals surface area contributed by atoms with Crippen molar-refractivity contribution in [1.82, 2.24) is 5.32 Å². The second-order valence-corrected chi connectivity index (χ2v) is 8.23. The van der Waals surface area contributed by atoms with Crippen molar-refractivity contribution < 1.29 is 9.59 Å². The average Bonchev–Trinajstić information content (AvgIpc) is 3.02. The van der Waals surface area contributed by atoms with Gasteiger partial charge in [0.05, 0.1) is 5.92 Å². The van der Waals surface area contributed by atoms with Crippen LogP contribution in [-0.4, -0.2) is 38.0 Å². The third-order valence-corrected chi connectivity index (χ3v) is 5.49.